The number of urea groups is 1. The zero-order valence-corrected chi connectivity index (χ0v) is 14.7. The van der Waals surface area contributed by atoms with Crippen LogP contribution in [0, 0.1) is 13.8 Å². The molecule has 0 aliphatic rings. The number of aromatic nitrogens is 4. The first-order valence-electron chi connectivity index (χ1n) is 8.32. The van der Waals surface area contributed by atoms with Gasteiger partial charge in [-0.3, -0.25) is 0 Å². The second-order valence-electron chi connectivity index (χ2n) is 5.73. The Morgan fingerprint density at radius 2 is 1.96 bits per heavy atom. The second kappa shape index (κ2) is 8.11. The third-order valence-electron chi connectivity index (χ3n) is 3.67. The Kier molecular flexibility index (Phi) is 5.43. The topological polar surface area (TPSA) is 96.8 Å². The number of nitrogens with one attached hydrogen (secondary N) is 3. The van der Waals surface area contributed by atoms with Crippen molar-refractivity contribution in [3.05, 3.63) is 60.2 Å². The van der Waals surface area contributed by atoms with E-state index in [4.69, 9.17) is 0 Å². The molecule has 0 aliphatic heterocycles. The number of rotatable bonds is 6. The third-order valence-corrected chi connectivity index (χ3v) is 3.67. The standard InChI is InChI=1S/C18H21N7O/c1-13-6-3-4-7-15(13)24-18(26)20-10-9-19-16-12-17(23-14(2)22-16)25-11-5-8-21-25/h3-8,11-12H,9-10H2,1-2H3,(H,19,22,23)(H2,20,24,26). The van der Waals surface area contributed by atoms with Crippen LogP contribution in [0.25, 0.3) is 5.82 Å². The van der Waals surface area contributed by atoms with E-state index in [2.05, 4.69) is 31.0 Å². The molecule has 0 bridgehead atoms. The van der Waals surface area contributed by atoms with E-state index in [0.29, 0.717) is 30.5 Å². The lowest BCUT2D eigenvalue weighted by Crippen LogP contribution is -2.33. The minimum absolute atomic E-state index is 0.239. The molecule has 2 amide bonds. The van der Waals surface area contributed by atoms with Gasteiger partial charge in [0.05, 0.1) is 0 Å². The van der Waals surface area contributed by atoms with Crippen molar-refractivity contribution in [3.63, 3.8) is 0 Å². The maximum absolute atomic E-state index is 12.0. The normalized spacial score (nSPS) is 10.4. The summed E-state index contributed by atoms with van der Waals surface area (Å²) in [7, 11) is 0. The predicted molar refractivity (Wildman–Crippen MR) is 101 cm³/mol. The molecule has 0 radical (unpaired) electrons. The number of carbonyl (C=O) groups excluding carboxylic acids is 1. The Hall–Kier alpha value is -3.42. The van der Waals surface area contributed by atoms with Crippen molar-refractivity contribution >= 4 is 17.5 Å². The highest BCUT2D eigenvalue weighted by molar-refractivity contribution is 5.90. The molecule has 0 saturated carbocycles. The van der Waals surface area contributed by atoms with Crippen LogP contribution >= 0.6 is 0 Å². The summed E-state index contributed by atoms with van der Waals surface area (Å²) in [5.41, 5.74) is 1.82. The summed E-state index contributed by atoms with van der Waals surface area (Å²) in [4.78, 5) is 20.7. The minimum atomic E-state index is -0.239. The van der Waals surface area contributed by atoms with Crippen molar-refractivity contribution < 1.29 is 4.79 Å². The molecule has 0 saturated heterocycles. The van der Waals surface area contributed by atoms with E-state index in [1.54, 1.807) is 10.9 Å². The molecule has 2 aromatic heterocycles. The Morgan fingerprint density at radius 1 is 1.12 bits per heavy atom. The number of carbonyl (C=O) groups is 1. The molecule has 0 spiro atoms. The van der Waals surface area contributed by atoms with Gasteiger partial charge >= 0.3 is 6.03 Å². The van der Waals surface area contributed by atoms with E-state index >= 15 is 0 Å². The molecule has 3 N–H and O–H groups in total. The quantitative estimate of drug-likeness (QED) is 0.593. The lowest BCUT2D eigenvalue weighted by atomic mass is 10.2. The van der Waals surface area contributed by atoms with E-state index < -0.39 is 0 Å². The van der Waals surface area contributed by atoms with Crippen molar-refractivity contribution in [2.45, 2.75) is 13.8 Å². The molecule has 8 heteroatoms. The largest absolute Gasteiger partial charge is 0.368 e. The molecule has 0 unspecified atom stereocenters. The van der Waals surface area contributed by atoms with Crippen LogP contribution in [-0.4, -0.2) is 38.9 Å². The first kappa shape index (κ1) is 17.4. The van der Waals surface area contributed by atoms with Crippen LogP contribution in [0.15, 0.2) is 48.8 Å². The first-order valence-corrected chi connectivity index (χ1v) is 8.32. The Balaban J connectivity index is 1.49. The highest BCUT2D eigenvalue weighted by atomic mass is 16.2. The van der Waals surface area contributed by atoms with Crippen LogP contribution in [0.2, 0.25) is 0 Å². The summed E-state index contributed by atoms with van der Waals surface area (Å²) in [5.74, 6) is 2.02. The van der Waals surface area contributed by atoms with Gasteiger partial charge in [0.15, 0.2) is 5.82 Å². The lowest BCUT2D eigenvalue weighted by molar-refractivity contribution is 0.252. The number of hydrogen-bond acceptors (Lipinski definition) is 5. The fourth-order valence-electron chi connectivity index (χ4n) is 2.41. The van der Waals surface area contributed by atoms with Crippen LogP contribution in [0.1, 0.15) is 11.4 Å². The van der Waals surface area contributed by atoms with Crippen LogP contribution in [0.4, 0.5) is 16.3 Å². The van der Waals surface area contributed by atoms with E-state index in [-0.39, 0.29) is 6.03 Å². The molecule has 26 heavy (non-hydrogen) atoms. The summed E-state index contributed by atoms with van der Waals surface area (Å²) < 4.78 is 1.67. The fourth-order valence-corrected chi connectivity index (χ4v) is 2.41. The summed E-state index contributed by atoms with van der Waals surface area (Å²) in [6, 6.07) is 11.0. The molecule has 0 aliphatic carbocycles. The van der Waals surface area contributed by atoms with E-state index in [9.17, 15) is 4.79 Å². The zero-order valence-electron chi connectivity index (χ0n) is 14.7. The van der Waals surface area contributed by atoms with E-state index in [1.165, 1.54) is 0 Å². The first-order chi connectivity index (χ1) is 12.6. The number of nitrogens with zero attached hydrogens (tertiary/aromatic N) is 4. The molecular formula is C18H21N7O. The van der Waals surface area contributed by atoms with Crippen molar-refractivity contribution in [2.24, 2.45) is 0 Å². The van der Waals surface area contributed by atoms with Gasteiger partial charge in [0.25, 0.3) is 0 Å². The van der Waals surface area contributed by atoms with Gasteiger partial charge in [-0.25, -0.2) is 19.4 Å². The average molecular weight is 351 g/mol. The van der Waals surface area contributed by atoms with Crippen molar-refractivity contribution in [1.82, 2.24) is 25.1 Å². The van der Waals surface area contributed by atoms with E-state index in [0.717, 1.165) is 11.3 Å². The average Bonchev–Trinajstić information content (AvgIpc) is 3.15. The molecule has 134 valence electrons. The zero-order chi connectivity index (χ0) is 18.4. The molecule has 8 nitrogen and oxygen atoms in total. The van der Waals surface area contributed by atoms with Gasteiger partial charge in [0.1, 0.15) is 11.6 Å². The van der Waals surface area contributed by atoms with Crippen molar-refractivity contribution in [3.8, 4) is 5.82 Å². The monoisotopic (exact) mass is 351 g/mol. The van der Waals surface area contributed by atoms with Gasteiger partial charge in [0.2, 0.25) is 0 Å². The molecule has 1 aromatic carbocycles. The van der Waals surface area contributed by atoms with Gasteiger partial charge in [-0.1, -0.05) is 18.2 Å². The summed E-state index contributed by atoms with van der Waals surface area (Å²) in [5, 5.41) is 13.0. The van der Waals surface area contributed by atoms with Crippen molar-refractivity contribution in [2.75, 3.05) is 23.7 Å². The van der Waals surface area contributed by atoms with Gasteiger partial charge in [0, 0.05) is 37.2 Å². The number of hydrogen-bond donors (Lipinski definition) is 3. The third kappa shape index (κ3) is 4.56. The van der Waals surface area contributed by atoms with Crippen LogP contribution < -0.4 is 16.0 Å². The van der Waals surface area contributed by atoms with Gasteiger partial charge in [-0.15, -0.1) is 0 Å². The molecule has 2 heterocycles. The minimum Gasteiger partial charge on any atom is -0.368 e. The SMILES string of the molecule is Cc1nc(NCCNC(=O)Nc2ccccc2C)cc(-n2cccn2)n1. The smallest absolute Gasteiger partial charge is 0.319 e. The number of anilines is 2. The highest BCUT2D eigenvalue weighted by Gasteiger charge is 2.05. The van der Waals surface area contributed by atoms with Crippen LogP contribution in [0.3, 0.4) is 0 Å². The van der Waals surface area contributed by atoms with Crippen molar-refractivity contribution in [1.29, 1.82) is 0 Å². The number of para-hydroxylation sites is 1. The summed E-state index contributed by atoms with van der Waals surface area (Å²) in [6.07, 6.45) is 3.52. The highest BCUT2D eigenvalue weighted by Crippen LogP contribution is 2.12. The molecule has 0 atom stereocenters. The maximum atomic E-state index is 12.0. The van der Waals surface area contributed by atoms with Gasteiger partial charge in [-0.05, 0) is 31.5 Å². The predicted octanol–water partition coefficient (Wildman–Crippen LogP) is 2.51. The lowest BCUT2D eigenvalue weighted by Gasteiger charge is -2.11. The Labute approximate surface area is 151 Å². The summed E-state index contributed by atoms with van der Waals surface area (Å²) in [6.45, 7) is 4.77. The summed E-state index contributed by atoms with van der Waals surface area (Å²) >= 11 is 0. The fraction of sp³-hybridized carbons (Fsp3) is 0.222. The number of benzene rings is 1. The van der Waals surface area contributed by atoms with Crippen LogP contribution in [0.5, 0.6) is 0 Å². The van der Waals surface area contributed by atoms with E-state index in [1.807, 2.05) is 56.4 Å². The molecule has 3 aromatic rings. The molecule has 3 rings (SSSR count). The molecular weight excluding hydrogens is 330 g/mol. The van der Waals surface area contributed by atoms with Crippen LogP contribution in [-0.2, 0) is 0 Å². The van der Waals surface area contributed by atoms with Gasteiger partial charge < -0.3 is 16.0 Å². The number of amides is 2. The maximum Gasteiger partial charge on any atom is 0.319 e. The number of aryl methyl sites for hydroxylation is 2. The second-order valence-corrected chi connectivity index (χ2v) is 5.73. The Bertz CT molecular complexity index is 877. The molecule has 0 fully saturated rings. The van der Waals surface area contributed by atoms with Gasteiger partial charge in [-0.2, -0.15) is 5.10 Å². The Morgan fingerprint density at radius 3 is 2.73 bits per heavy atom.